The summed E-state index contributed by atoms with van der Waals surface area (Å²) in [6, 6.07) is 1.83. The predicted molar refractivity (Wildman–Crippen MR) is 79.2 cm³/mol. The van der Waals surface area contributed by atoms with Gasteiger partial charge in [-0.3, -0.25) is 10.2 Å². The Morgan fingerprint density at radius 1 is 0.889 bits per heavy atom. The Balaban J connectivity index is 2.83. The number of methoxy groups -OCH3 is 2. The normalized spacial score (nSPS) is 12.2. The first-order chi connectivity index (χ1) is 12.3. The number of alkyl halides is 6. The van der Waals surface area contributed by atoms with Crippen LogP contribution in [0.2, 0.25) is 0 Å². The molecule has 0 saturated carbocycles. The van der Waals surface area contributed by atoms with Gasteiger partial charge >= 0.3 is 18.4 Å². The number of halogens is 6. The number of amides is 3. The summed E-state index contributed by atoms with van der Waals surface area (Å²) in [5.41, 5.74) is -1.52. The minimum absolute atomic E-state index is 0.109. The number of rotatable bonds is 4. The lowest BCUT2D eigenvalue weighted by molar-refractivity contribution is -0.297. The van der Waals surface area contributed by atoms with Crippen molar-refractivity contribution in [2.45, 2.75) is 24.8 Å². The lowest BCUT2D eigenvalue weighted by atomic mass is 10.0. The molecule has 0 aliphatic rings. The van der Waals surface area contributed by atoms with Crippen molar-refractivity contribution in [1.29, 1.82) is 0 Å². The Bertz CT molecular complexity index is 691. The SMILES string of the molecule is COc1ccc(C(=O)NNC(=O)NC(C)(C(F)(F)F)C(F)(F)F)cc1OC. The van der Waals surface area contributed by atoms with Gasteiger partial charge in [0.05, 0.1) is 14.2 Å². The summed E-state index contributed by atoms with van der Waals surface area (Å²) >= 11 is 0. The topological polar surface area (TPSA) is 88.7 Å². The molecule has 0 unspecified atom stereocenters. The Hall–Kier alpha value is -2.86. The zero-order chi connectivity index (χ0) is 21.0. The minimum atomic E-state index is -5.82. The second kappa shape index (κ2) is 7.80. The van der Waals surface area contributed by atoms with E-state index in [1.807, 2.05) is 0 Å². The van der Waals surface area contributed by atoms with Gasteiger partial charge in [-0.1, -0.05) is 0 Å². The van der Waals surface area contributed by atoms with Gasteiger partial charge in [0.1, 0.15) is 0 Å². The molecule has 0 aromatic heterocycles. The number of carbonyl (C=O) groups is 2. The molecule has 1 rings (SSSR count). The standard InChI is InChI=1S/C14H15F6N3O4/c1-12(13(15,16)17,14(18,19)20)21-11(25)23-22-10(24)7-4-5-8(26-2)9(6-7)27-3/h4-6H,1-3H3,(H,22,24)(H2,21,23,25). The van der Waals surface area contributed by atoms with Gasteiger partial charge < -0.3 is 14.8 Å². The second-order valence-electron chi connectivity index (χ2n) is 5.22. The molecular weight excluding hydrogens is 388 g/mol. The maximum atomic E-state index is 12.7. The number of hydrazine groups is 1. The van der Waals surface area contributed by atoms with E-state index < -0.39 is 29.8 Å². The first-order valence-corrected chi connectivity index (χ1v) is 7.00. The lowest BCUT2D eigenvalue weighted by Crippen LogP contribution is -2.67. The summed E-state index contributed by atoms with van der Waals surface area (Å²) in [5.74, 6) is -0.617. The Labute approximate surface area is 149 Å². The molecule has 3 amide bonds. The molecule has 13 heteroatoms. The monoisotopic (exact) mass is 403 g/mol. The van der Waals surface area contributed by atoms with Crippen molar-refractivity contribution in [1.82, 2.24) is 16.2 Å². The number of ether oxygens (including phenoxy) is 2. The molecular formula is C14H15F6N3O4. The average molecular weight is 403 g/mol. The molecule has 1 aromatic carbocycles. The summed E-state index contributed by atoms with van der Waals surface area (Å²) in [4.78, 5) is 23.3. The molecule has 0 spiro atoms. The maximum absolute atomic E-state index is 12.7. The van der Waals surface area contributed by atoms with Crippen LogP contribution in [0.3, 0.4) is 0 Å². The molecule has 7 nitrogen and oxygen atoms in total. The van der Waals surface area contributed by atoms with Gasteiger partial charge in [0, 0.05) is 5.56 Å². The van der Waals surface area contributed by atoms with Gasteiger partial charge in [-0.25, -0.2) is 10.2 Å². The van der Waals surface area contributed by atoms with E-state index in [1.54, 1.807) is 5.43 Å². The minimum Gasteiger partial charge on any atom is -0.493 e. The van der Waals surface area contributed by atoms with E-state index in [2.05, 4.69) is 0 Å². The third-order valence-corrected chi connectivity index (χ3v) is 3.43. The molecule has 1 aromatic rings. The highest BCUT2D eigenvalue weighted by Gasteiger charge is 2.68. The highest BCUT2D eigenvalue weighted by molar-refractivity contribution is 5.95. The Morgan fingerprint density at radius 2 is 1.41 bits per heavy atom. The van der Waals surface area contributed by atoms with Gasteiger partial charge in [-0.05, 0) is 25.1 Å². The zero-order valence-corrected chi connectivity index (χ0v) is 14.1. The summed E-state index contributed by atoms with van der Waals surface area (Å²) in [6.45, 7) is -0.247. The Kier molecular flexibility index (Phi) is 6.41. The van der Waals surface area contributed by atoms with Crippen LogP contribution >= 0.6 is 0 Å². The first kappa shape index (κ1) is 22.2. The van der Waals surface area contributed by atoms with E-state index in [0.29, 0.717) is 0 Å². The number of nitrogens with one attached hydrogen (secondary N) is 3. The van der Waals surface area contributed by atoms with E-state index in [9.17, 15) is 35.9 Å². The zero-order valence-electron chi connectivity index (χ0n) is 14.1. The van der Waals surface area contributed by atoms with E-state index in [4.69, 9.17) is 9.47 Å². The van der Waals surface area contributed by atoms with E-state index in [-0.39, 0.29) is 24.0 Å². The van der Waals surface area contributed by atoms with Crippen LogP contribution < -0.4 is 25.6 Å². The number of hydrogen-bond donors (Lipinski definition) is 3. The Morgan fingerprint density at radius 3 is 1.85 bits per heavy atom. The van der Waals surface area contributed by atoms with Crippen molar-refractivity contribution >= 4 is 11.9 Å². The van der Waals surface area contributed by atoms with Crippen molar-refractivity contribution in [3.63, 3.8) is 0 Å². The van der Waals surface area contributed by atoms with Crippen molar-refractivity contribution in [2.24, 2.45) is 0 Å². The van der Waals surface area contributed by atoms with Crippen LogP contribution in [0.1, 0.15) is 17.3 Å². The van der Waals surface area contributed by atoms with Crippen molar-refractivity contribution in [3.05, 3.63) is 23.8 Å². The molecule has 0 radical (unpaired) electrons. The van der Waals surface area contributed by atoms with Crippen molar-refractivity contribution in [2.75, 3.05) is 14.2 Å². The quantitative estimate of drug-likeness (QED) is 0.533. The largest absolute Gasteiger partial charge is 0.493 e. The molecule has 0 fully saturated rings. The third-order valence-electron chi connectivity index (χ3n) is 3.43. The van der Waals surface area contributed by atoms with Gasteiger partial charge in [-0.2, -0.15) is 26.3 Å². The number of benzene rings is 1. The summed E-state index contributed by atoms with van der Waals surface area (Å²) in [7, 11) is 2.61. The molecule has 0 atom stereocenters. The molecule has 0 bridgehead atoms. The maximum Gasteiger partial charge on any atom is 0.420 e. The third kappa shape index (κ3) is 4.86. The highest BCUT2D eigenvalue weighted by Crippen LogP contribution is 2.42. The molecule has 0 aliphatic carbocycles. The van der Waals surface area contributed by atoms with Crippen LogP contribution in [0.15, 0.2) is 18.2 Å². The van der Waals surface area contributed by atoms with Gasteiger partial charge in [-0.15, -0.1) is 0 Å². The van der Waals surface area contributed by atoms with Crippen molar-refractivity contribution in [3.8, 4) is 11.5 Å². The van der Waals surface area contributed by atoms with Gasteiger partial charge in [0.15, 0.2) is 11.5 Å². The first-order valence-electron chi connectivity index (χ1n) is 7.00. The van der Waals surface area contributed by atoms with Crippen molar-refractivity contribution < 1.29 is 45.4 Å². The molecule has 0 heterocycles. The van der Waals surface area contributed by atoms with Crippen LogP contribution in [0.25, 0.3) is 0 Å². The molecule has 152 valence electrons. The number of hydrogen-bond acceptors (Lipinski definition) is 4. The van der Waals surface area contributed by atoms with Gasteiger partial charge in [0.25, 0.3) is 5.91 Å². The van der Waals surface area contributed by atoms with Crippen LogP contribution in [0, 0.1) is 0 Å². The molecule has 0 aliphatic heterocycles. The summed E-state index contributed by atoms with van der Waals surface area (Å²) in [6.07, 6.45) is -11.6. The van der Waals surface area contributed by atoms with Crippen LogP contribution in [0.4, 0.5) is 31.1 Å². The predicted octanol–water partition coefficient (Wildman–Crippen LogP) is 2.53. The fourth-order valence-corrected chi connectivity index (χ4v) is 1.72. The lowest BCUT2D eigenvalue weighted by Gasteiger charge is -2.34. The molecule has 3 N–H and O–H groups in total. The second-order valence-corrected chi connectivity index (χ2v) is 5.22. The summed E-state index contributed by atoms with van der Waals surface area (Å²) < 4.78 is 86.1. The highest BCUT2D eigenvalue weighted by atomic mass is 19.4. The molecule has 0 saturated heterocycles. The fourth-order valence-electron chi connectivity index (χ4n) is 1.72. The smallest absolute Gasteiger partial charge is 0.420 e. The molecule has 27 heavy (non-hydrogen) atoms. The fraction of sp³-hybridized carbons (Fsp3) is 0.429. The van der Waals surface area contributed by atoms with E-state index in [1.165, 1.54) is 37.8 Å². The average Bonchev–Trinajstić information content (AvgIpc) is 2.56. The van der Waals surface area contributed by atoms with E-state index >= 15 is 0 Å². The number of urea groups is 1. The van der Waals surface area contributed by atoms with Crippen LogP contribution in [-0.4, -0.2) is 44.0 Å². The summed E-state index contributed by atoms with van der Waals surface area (Å²) in [5, 5.41) is 0.761. The van der Waals surface area contributed by atoms with Gasteiger partial charge in [0.2, 0.25) is 5.54 Å². The van der Waals surface area contributed by atoms with Crippen LogP contribution in [0.5, 0.6) is 11.5 Å². The van der Waals surface area contributed by atoms with Crippen LogP contribution in [-0.2, 0) is 0 Å². The van der Waals surface area contributed by atoms with E-state index in [0.717, 1.165) is 5.32 Å². The number of carbonyl (C=O) groups excluding carboxylic acids is 2.